The first kappa shape index (κ1) is 16.3. The molecule has 1 amide bonds. The molecule has 0 aliphatic heterocycles. The number of carboxylic acid groups (broad SMARTS) is 1. The second-order valence-corrected chi connectivity index (χ2v) is 6.84. The van der Waals surface area contributed by atoms with E-state index in [1.54, 1.807) is 22.2 Å². The zero-order valence-corrected chi connectivity index (χ0v) is 14.0. The summed E-state index contributed by atoms with van der Waals surface area (Å²) in [6.45, 7) is 0.579. The van der Waals surface area contributed by atoms with Gasteiger partial charge in [0.2, 0.25) is 0 Å². The number of rotatable bonds is 7. The number of thiophene rings is 1. The van der Waals surface area contributed by atoms with Gasteiger partial charge in [0.25, 0.3) is 5.91 Å². The monoisotopic (exact) mass is 363 g/mol. The van der Waals surface area contributed by atoms with E-state index in [4.69, 9.17) is 0 Å². The minimum atomic E-state index is -1.12. The number of aliphatic carboxylic acids is 1. The third kappa shape index (κ3) is 4.03. The third-order valence-electron chi connectivity index (χ3n) is 3.16. The Hall–Kier alpha value is -2.59. The minimum absolute atomic E-state index is 0.0598. The van der Waals surface area contributed by atoms with Gasteiger partial charge in [-0.2, -0.15) is 0 Å². The first-order valence-electron chi connectivity index (χ1n) is 6.95. The lowest BCUT2D eigenvalue weighted by Crippen LogP contribution is -2.42. The summed E-state index contributed by atoms with van der Waals surface area (Å²) < 4.78 is 1.64. The predicted molar refractivity (Wildman–Crippen MR) is 88.2 cm³/mol. The molecule has 10 heteroatoms. The fraction of sp³-hybridized carbons (Fsp3) is 0.214. The Kier molecular flexibility index (Phi) is 4.96. The van der Waals surface area contributed by atoms with Crippen LogP contribution >= 0.6 is 22.7 Å². The van der Waals surface area contributed by atoms with Gasteiger partial charge in [-0.1, -0.05) is 11.3 Å². The topological polar surface area (TPSA) is 110 Å². The van der Waals surface area contributed by atoms with Gasteiger partial charge >= 0.3 is 5.97 Å². The average Bonchev–Trinajstić information content (AvgIpc) is 3.29. The molecule has 0 spiro atoms. The van der Waals surface area contributed by atoms with Gasteiger partial charge in [0.15, 0.2) is 0 Å². The quantitative estimate of drug-likeness (QED) is 0.654. The highest BCUT2D eigenvalue weighted by atomic mass is 32.1. The number of nitrogens with zero attached hydrogens (tertiary/aromatic N) is 4. The number of carboxylic acids is 1. The Morgan fingerprint density at radius 3 is 2.92 bits per heavy atom. The summed E-state index contributed by atoms with van der Waals surface area (Å²) in [6.07, 6.45) is 3.15. The van der Waals surface area contributed by atoms with Crippen LogP contribution in [0, 0.1) is 0 Å². The Morgan fingerprint density at radius 2 is 2.25 bits per heavy atom. The standard InChI is InChI=1S/C14H13N5O3S2/c20-13(12-5-15-8-24-12)16-11(14(21)22)4-9-6-19(18-17-9)7-10-2-1-3-23-10/h1-3,5-6,8,11H,4,7H2,(H,16,20)(H,21,22). The fourth-order valence-corrected chi connectivity index (χ4v) is 3.26. The average molecular weight is 363 g/mol. The summed E-state index contributed by atoms with van der Waals surface area (Å²) >= 11 is 2.76. The Bertz CT molecular complexity index is 813. The fourth-order valence-electron chi connectivity index (χ4n) is 2.04. The lowest BCUT2D eigenvalue weighted by Gasteiger charge is -2.12. The van der Waals surface area contributed by atoms with Gasteiger partial charge in [-0.25, -0.2) is 9.48 Å². The molecule has 0 aromatic carbocycles. The van der Waals surface area contributed by atoms with Crippen LogP contribution in [0.25, 0.3) is 0 Å². The van der Waals surface area contributed by atoms with E-state index in [9.17, 15) is 14.7 Å². The van der Waals surface area contributed by atoms with Crippen LogP contribution in [0.3, 0.4) is 0 Å². The number of carbonyl (C=O) groups excluding carboxylic acids is 1. The van der Waals surface area contributed by atoms with Crippen molar-refractivity contribution in [1.82, 2.24) is 25.3 Å². The van der Waals surface area contributed by atoms with Crippen molar-refractivity contribution in [2.45, 2.75) is 19.0 Å². The van der Waals surface area contributed by atoms with Gasteiger partial charge in [0.1, 0.15) is 10.9 Å². The van der Waals surface area contributed by atoms with Crippen molar-refractivity contribution >= 4 is 34.6 Å². The molecular formula is C14H13N5O3S2. The summed E-state index contributed by atoms with van der Waals surface area (Å²) in [4.78, 5) is 28.7. The van der Waals surface area contributed by atoms with Crippen molar-refractivity contribution < 1.29 is 14.7 Å². The lowest BCUT2D eigenvalue weighted by molar-refractivity contribution is -0.139. The number of hydrogen-bond acceptors (Lipinski definition) is 7. The van der Waals surface area contributed by atoms with Crippen LogP contribution in [0.5, 0.6) is 0 Å². The molecule has 0 bridgehead atoms. The smallest absolute Gasteiger partial charge is 0.326 e. The van der Waals surface area contributed by atoms with Crippen LogP contribution < -0.4 is 5.32 Å². The number of thiazole rings is 1. The number of hydrogen-bond donors (Lipinski definition) is 2. The van der Waals surface area contributed by atoms with E-state index < -0.39 is 17.9 Å². The second-order valence-electron chi connectivity index (χ2n) is 4.92. The van der Waals surface area contributed by atoms with Crippen LogP contribution in [0.15, 0.2) is 35.4 Å². The molecule has 3 rings (SSSR count). The van der Waals surface area contributed by atoms with Crippen LogP contribution in [-0.4, -0.2) is 43.0 Å². The summed E-state index contributed by atoms with van der Waals surface area (Å²) in [5, 5.41) is 21.7. The molecule has 2 N–H and O–H groups in total. The molecule has 24 heavy (non-hydrogen) atoms. The van der Waals surface area contributed by atoms with Crippen molar-refractivity contribution in [3.8, 4) is 0 Å². The van der Waals surface area contributed by atoms with E-state index in [0.29, 0.717) is 17.1 Å². The first-order valence-corrected chi connectivity index (χ1v) is 8.71. The van der Waals surface area contributed by atoms with Crippen LogP contribution in [0.2, 0.25) is 0 Å². The Morgan fingerprint density at radius 1 is 1.38 bits per heavy atom. The summed E-state index contributed by atoms with van der Waals surface area (Å²) in [7, 11) is 0. The van der Waals surface area contributed by atoms with Crippen molar-refractivity contribution in [3.63, 3.8) is 0 Å². The zero-order chi connectivity index (χ0) is 16.9. The molecule has 3 heterocycles. The molecular weight excluding hydrogens is 350 g/mol. The van der Waals surface area contributed by atoms with Crippen LogP contribution in [0.1, 0.15) is 20.2 Å². The summed E-state index contributed by atoms with van der Waals surface area (Å²) in [6, 6.07) is 2.86. The SMILES string of the molecule is O=C(NC(Cc1cn(Cc2cccs2)nn1)C(=O)O)c1cncs1. The molecule has 3 aromatic heterocycles. The third-order valence-corrected chi connectivity index (χ3v) is 4.79. The molecule has 124 valence electrons. The van der Waals surface area contributed by atoms with Crippen molar-refractivity contribution in [2.24, 2.45) is 0 Å². The largest absolute Gasteiger partial charge is 0.480 e. The number of nitrogens with one attached hydrogen (secondary N) is 1. The predicted octanol–water partition coefficient (Wildman–Crippen LogP) is 1.27. The summed E-state index contributed by atoms with van der Waals surface area (Å²) in [5.41, 5.74) is 2.02. The molecule has 0 aliphatic carbocycles. The number of aromatic nitrogens is 4. The van der Waals surface area contributed by atoms with Gasteiger partial charge in [-0.3, -0.25) is 9.78 Å². The zero-order valence-electron chi connectivity index (χ0n) is 12.3. The highest BCUT2D eigenvalue weighted by molar-refractivity contribution is 7.11. The maximum atomic E-state index is 12.0. The van der Waals surface area contributed by atoms with Crippen LogP contribution in [-0.2, 0) is 17.8 Å². The van der Waals surface area contributed by atoms with Crippen molar-refractivity contribution in [1.29, 1.82) is 0 Å². The maximum Gasteiger partial charge on any atom is 0.326 e. The van der Waals surface area contributed by atoms with Gasteiger partial charge in [0.05, 0.1) is 23.9 Å². The van der Waals surface area contributed by atoms with E-state index in [-0.39, 0.29) is 6.42 Å². The molecule has 0 saturated carbocycles. The van der Waals surface area contributed by atoms with E-state index in [1.165, 1.54) is 11.7 Å². The molecule has 0 saturated heterocycles. The molecule has 0 fully saturated rings. The molecule has 0 radical (unpaired) electrons. The number of amides is 1. The first-order chi connectivity index (χ1) is 11.6. The van der Waals surface area contributed by atoms with Crippen LogP contribution in [0.4, 0.5) is 0 Å². The van der Waals surface area contributed by atoms with Crippen molar-refractivity contribution in [3.05, 3.63) is 50.9 Å². The Labute approximate surface area is 144 Å². The lowest BCUT2D eigenvalue weighted by atomic mass is 10.1. The van der Waals surface area contributed by atoms with E-state index in [0.717, 1.165) is 16.2 Å². The second kappa shape index (κ2) is 7.32. The molecule has 1 unspecified atom stereocenters. The molecule has 8 nitrogen and oxygen atoms in total. The normalized spacial score (nSPS) is 12.0. The molecule has 1 atom stereocenters. The Balaban J connectivity index is 1.64. The molecule has 0 aliphatic rings. The number of carbonyl (C=O) groups is 2. The van der Waals surface area contributed by atoms with Gasteiger partial charge in [-0.15, -0.1) is 27.8 Å². The minimum Gasteiger partial charge on any atom is -0.480 e. The molecule has 3 aromatic rings. The van der Waals surface area contributed by atoms with Gasteiger partial charge < -0.3 is 10.4 Å². The van der Waals surface area contributed by atoms with Gasteiger partial charge in [0, 0.05) is 17.5 Å². The highest BCUT2D eigenvalue weighted by Crippen LogP contribution is 2.11. The van der Waals surface area contributed by atoms with E-state index in [2.05, 4.69) is 20.6 Å². The van der Waals surface area contributed by atoms with Gasteiger partial charge in [-0.05, 0) is 11.4 Å². The van der Waals surface area contributed by atoms with E-state index >= 15 is 0 Å². The summed E-state index contributed by atoms with van der Waals surface area (Å²) in [5.74, 6) is -1.59. The highest BCUT2D eigenvalue weighted by Gasteiger charge is 2.23. The maximum absolute atomic E-state index is 12.0. The van der Waals surface area contributed by atoms with Crippen molar-refractivity contribution in [2.75, 3.05) is 0 Å². The van der Waals surface area contributed by atoms with E-state index in [1.807, 2.05) is 17.5 Å².